The Balaban J connectivity index is 2.05. The van der Waals surface area contributed by atoms with Crippen molar-refractivity contribution in [3.05, 3.63) is 29.3 Å². The second-order valence-electron chi connectivity index (χ2n) is 4.34. The Bertz CT molecular complexity index is 658. The molecule has 1 N–H and O–H groups in total. The molecule has 1 aromatic carbocycles. The van der Waals surface area contributed by atoms with Gasteiger partial charge >= 0.3 is 16.5 Å². The highest BCUT2D eigenvalue weighted by Gasteiger charge is 2.56. The molecule has 3 unspecified atom stereocenters. The van der Waals surface area contributed by atoms with E-state index < -0.39 is 16.5 Å². The van der Waals surface area contributed by atoms with E-state index in [4.69, 9.17) is 9.84 Å². The number of carboxylic acid groups (broad SMARTS) is 1. The topological polar surface area (TPSA) is 93.0 Å². The number of hydrogen-bond acceptors (Lipinski definition) is 5. The summed E-state index contributed by atoms with van der Waals surface area (Å²) in [4.78, 5) is 11.1. The first-order valence-electron chi connectivity index (χ1n) is 5.39. The fourth-order valence-corrected chi connectivity index (χ4v) is 3.03. The van der Waals surface area contributed by atoms with E-state index in [9.17, 15) is 13.2 Å². The highest BCUT2D eigenvalue weighted by molar-refractivity contribution is 7.61. The number of nitrogens with zero attached hydrogens (tertiary/aromatic N) is 1. The van der Waals surface area contributed by atoms with Crippen molar-refractivity contribution in [2.24, 2.45) is 10.3 Å². The van der Waals surface area contributed by atoms with Crippen molar-refractivity contribution in [2.45, 2.75) is 12.0 Å². The molecule has 0 radical (unpaired) electrons. The molecule has 1 aromatic rings. The number of rotatable bonds is 2. The average molecular weight is 267 g/mol. The van der Waals surface area contributed by atoms with Crippen LogP contribution < -0.4 is 4.74 Å². The van der Waals surface area contributed by atoms with Crippen molar-refractivity contribution in [1.82, 2.24) is 0 Å². The zero-order chi connectivity index (χ0) is 12.9. The summed E-state index contributed by atoms with van der Waals surface area (Å²) in [5, 5.41) is 9.05. The Morgan fingerprint density at radius 2 is 2.22 bits per heavy atom. The first kappa shape index (κ1) is 11.2. The molecular formula is C11H9NO5S. The molecule has 1 heterocycles. The summed E-state index contributed by atoms with van der Waals surface area (Å²) in [5.74, 6) is -0.696. The number of benzene rings is 1. The van der Waals surface area contributed by atoms with Crippen LogP contribution in [-0.4, -0.2) is 32.1 Å². The summed E-state index contributed by atoms with van der Waals surface area (Å²) in [6.07, 6.45) is 0. The van der Waals surface area contributed by atoms with Crippen LogP contribution in [0.25, 0.3) is 0 Å². The lowest BCUT2D eigenvalue weighted by Gasteiger charge is -2.17. The number of carbonyl (C=O) groups is 1. The highest BCUT2D eigenvalue weighted by atomic mass is 32.2. The molecule has 7 heteroatoms. The summed E-state index contributed by atoms with van der Waals surface area (Å²) < 4.78 is 30.2. The average Bonchev–Trinajstić information content (AvgIpc) is 3.01. The van der Waals surface area contributed by atoms with Crippen molar-refractivity contribution in [1.29, 1.82) is 0 Å². The maximum absolute atomic E-state index is 11.1. The predicted octanol–water partition coefficient (Wildman–Crippen LogP) is 0.922. The maximum atomic E-state index is 11.1. The van der Waals surface area contributed by atoms with Gasteiger partial charge in [-0.05, 0) is 6.07 Å². The van der Waals surface area contributed by atoms with Gasteiger partial charge in [0.1, 0.15) is 11.3 Å². The van der Waals surface area contributed by atoms with E-state index in [0.717, 1.165) is 5.56 Å². The Morgan fingerprint density at radius 1 is 1.44 bits per heavy atom. The Morgan fingerprint density at radius 3 is 2.89 bits per heavy atom. The molecule has 0 aromatic heterocycles. The SMILES string of the molecule is O=C(O)c1cccc2c1OCC1C(N=S(=O)=O)C21. The van der Waals surface area contributed by atoms with Crippen molar-refractivity contribution >= 4 is 16.5 Å². The van der Waals surface area contributed by atoms with E-state index in [0.29, 0.717) is 12.4 Å². The molecule has 0 saturated heterocycles. The van der Waals surface area contributed by atoms with Crippen LogP contribution in [0.3, 0.4) is 0 Å². The second-order valence-corrected chi connectivity index (χ2v) is 4.99. The highest BCUT2D eigenvalue weighted by Crippen LogP contribution is 2.56. The maximum Gasteiger partial charge on any atom is 0.339 e. The summed E-state index contributed by atoms with van der Waals surface area (Å²) in [6.45, 7) is 0.313. The van der Waals surface area contributed by atoms with Crippen LogP contribution in [0, 0.1) is 5.92 Å². The predicted molar refractivity (Wildman–Crippen MR) is 60.3 cm³/mol. The van der Waals surface area contributed by atoms with Crippen LogP contribution in [0.1, 0.15) is 21.8 Å². The van der Waals surface area contributed by atoms with Crippen molar-refractivity contribution in [3.8, 4) is 5.75 Å². The Labute approximate surface area is 104 Å². The van der Waals surface area contributed by atoms with Crippen LogP contribution >= 0.6 is 0 Å². The normalized spacial score (nSPS) is 27.4. The van der Waals surface area contributed by atoms with Gasteiger partial charge in [-0.2, -0.15) is 12.8 Å². The van der Waals surface area contributed by atoms with E-state index in [2.05, 4.69) is 4.36 Å². The van der Waals surface area contributed by atoms with E-state index in [1.165, 1.54) is 6.07 Å². The van der Waals surface area contributed by atoms with Crippen molar-refractivity contribution < 1.29 is 23.1 Å². The van der Waals surface area contributed by atoms with Gasteiger partial charge in [0.2, 0.25) is 0 Å². The molecule has 0 amide bonds. The second kappa shape index (κ2) is 3.81. The number of fused-ring (bicyclic) bond motifs is 3. The molecule has 94 valence electrons. The fourth-order valence-electron chi connectivity index (χ4n) is 2.54. The van der Waals surface area contributed by atoms with Crippen LogP contribution in [0.15, 0.2) is 22.6 Å². The van der Waals surface area contributed by atoms with E-state index in [-0.39, 0.29) is 23.4 Å². The van der Waals surface area contributed by atoms with Crippen molar-refractivity contribution in [2.75, 3.05) is 6.61 Å². The molecular weight excluding hydrogens is 258 g/mol. The lowest BCUT2D eigenvalue weighted by molar-refractivity contribution is 0.0691. The molecule has 3 rings (SSSR count). The molecule has 1 fully saturated rings. The fraction of sp³-hybridized carbons (Fsp3) is 0.364. The lowest BCUT2D eigenvalue weighted by atomic mass is 10.0. The summed E-state index contributed by atoms with van der Waals surface area (Å²) >= 11 is 0. The van der Waals surface area contributed by atoms with Crippen LogP contribution in [0.4, 0.5) is 0 Å². The summed E-state index contributed by atoms with van der Waals surface area (Å²) in [5.41, 5.74) is 0.852. The van der Waals surface area contributed by atoms with Gasteiger partial charge in [-0.3, -0.25) is 0 Å². The van der Waals surface area contributed by atoms with Gasteiger partial charge in [-0.25, -0.2) is 4.79 Å². The molecule has 6 nitrogen and oxygen atoms in total. The van der Waals surface area contributed by atoms with Gasteiger partial charge in [-0.15, -0.1) is 0 Å². The molecule has 1 saturated carbocycles. The zero-order valence-electron chi connectivity index (χ0n) is 9.11. The van der Waals surface area contributed by atoms with E-state index in [1.807, 2.05) is 0 Å². The van der Waals surface area contributed by atoms with Gasteiger partial charge in [0.25, 0.3) is 0 Å². The van der Waals surface area contributed by atoms with Crippen LogP contribution in [0.2, 0.25) is 0 Å². The minimum atomic E-state index is -2.44. The first-order valence-corrected chi connectivity index (χ1v) is 6.42. The molecule has 0 bridgehead atoms. The molecule has 2 aliphatic rings. The third-order valence-electron chi connectivity index (χ3n) is 3.39. The number of para-hydroxylation sites is 1. The molecule has 0 spiro atoms. The lowest BCUT2D eigenvalue weighted by Crippen LogP contribution is -2.12. The molecule has 18 heavy (non-hydrogen) atoms. The van der Waals surface area contributed by atoms with E-state index >= 15 is 0 Å². The van der Waals surface area contributed by atoms with Gasteiger partial charge in [0, 0.05) is 17.4 Å². The Kier molecular flexibility index (Phi) is 2.37. The van der Waals surface area contributed by atoms with Crippen molar-refractivity contribution in [3.63, 3.8) is 0 Å². The summed E-state index contributed by atoms with van der Waals surface area (Å²) in [7, 11) is -2.44. The third-order valence-corrected chi connectivity index (χ3v) is 3.81. The minimum absolute atomic E-state index is 0.0362. The minimum Gasteiger partial charge on any atom is -0.492 e. The Hall–Kier alpha value is -1.89. The van der Waals surface area contributed by atoms with E-state index in [1.54, 1.807) is 12.1 Å². The quantitative estimate of drug-likeness (QED) is 0.860. The number of carboxylic acids is 1. The summed E-state index contributed by atoms with van der Waals surface area (Å²) in [6, 6.07) is 4.56. The van der Waals surface area contributed by atoms with Crippen LogP contribution in [-0.2, 0) is 10.5 Å². The molecule has 1 aliphatic carbocycles. The van der Waals surface area contributed by atoms with Crippen LogP contribution in [0.5, 0.6) is 5.75 Å². The standard InChI is InChI=1S/C11H9NO5S/c13-11(14)6-3-1-2-5-8-7(4-17-10(5)6)9(8)12-18(15)16/h1-3,7-9H,4H2,(H,13,14). The smallest absolute Gasteiger partial charge is 0.339 e. The third kappa shape index (κ3) is 1.59. The number of ether oxygens (including phenoxy) is 1. The first-order chi connectivity index (χ1) is 8.59. The van der Waals surface area contributed by atoms with Gasteiger partial charge in [-0.1, -0.05) is 12.1 Å². The van der Waals surface area contributed by atoms with Gasteiger partial charge < -0.3 is 9.84 Å². The number of hydrogen-bond donors (Lipinski definition) is 1. The molecule has 3 atom stereocenters. The van der Waals surface area contributed by atoms with Gasteiger partial charge in [0.15, 0.2) is 0 Å². The largest absolute Gasteiger partial charge is 0.492 e. The number of aromatic carboxylic acids is 1. The molecule has 1 aliphatic heterocycles. The monoisotopic (exact) mass is 267 g/mol. The zero-order valence-corrected chi connectivity index (χ0v) is 9.92. The van der Waals surface area contributed by atoms with Gasteiger partial charge in [0.05, 0.1) is 12.6 Å².